The molecule has 0 aliphatic carbocycles. The summed E-state index contributed by atoms with van der Waals surface area (Å²) in [6.45, 7) is 2.25. The Morgan fingerprint density at radius 1 is 1.27 bits per heavy atom. The maximum absolute atomic E-state index is 9.85. The zero-order chi connectivity index (χ0) is 12.9. The molecule has 8 nitrogen and oxygen atoms in total. The van der Waals surface area contributed by atoms with Crippen LogP contribution in [0.4, 0.5) is 0 Å². The van der Waals surface area contributed by atoms with Gasteiger partial charge in [-0.3, -0.25) is 20.1 Å². The fourth-order valence-corrected chi connectivity index (χ4v) is 0.275. The van der Waals surface area contributed by atoms with E-state index in [9.17, 15) is 9.59 Å². The van der Waals surface area contributed by atoms with Crippen molar-refractivity contribution in [3.8, 4) is 0 Å². The molecule has 0 aromatic heterocycles. The zero-order valence-corrected chi connectivity index (χ0v) is 8.33. The van der Waals surface area contributed by atoms with E-state index in [1.165, 1.54) is 0 Å². The first-order valence-electron chi connectivity index (χ1n) is 3.96. The van der Waals surface area contributed by atoms with Gasteiger partial charge in [0.1, 0.15) is 6.04 Å². The van der Waals surface area contributed by atoms with Gasteiger partial charge in [0, 0.05) is 6.61 Å². The summed E-state index contributed by atoms with van der Waals surface area (Å²) < 4.78 is 0. The van der Waals surface area contributed by atoms with Crippen LogP contribution in [0, 0.1) is 0 Å². The summed E-state index contributed by atoms with van der Waals surface area (Å²) in [6, 6.07) is -1.29. The number of carboxylic acid groups (broad SMARTS) is 2. The Labute approximate surface area is 86.5 Å². The molecule has 0 aliphatic heterocycles. The Balaban J connectivity index is -0.000000202. The van der Waals surface area contributed by atoms with E-state index >= 15 is 0 Å². The molecule has 0 rings (SSSR count). The molecule has 0 unspecified atom stereocenters. The summed E-state index contributed by atoms with van der Waals surface area (Å²) >= 11 is 0. The third-order valence-corrected chi connectivity index (χ3v) is 0.935. The van der Waals surface area contributed by atoms with Gasteiger partial charge < -0.3 is 21.1 Å². The molecule has 15 heavy (non-hydrogen) atoms. The van der Waals surface area contributed by atoms with Crippen molar-refractivity contribution in [1.82, 2.24) is 0 Å². The van der Waals surface area contributed by atoms with Crippen molar-refractivity contribution in [1.29, 1.82) is 0 Å². The molecular weight excluding hydrogens is 210 g/mol. The highest BCUT2D eigenvalue weighted by Crippen LogP contribution is 1.86. The van der Waals surface area contributed by atoms with E-state index in [0.29, 0.717) is 6.61 Å². The van der Waals surface area contributed by atoms with Gasteiger partial charge in [-0.1, -0.05) is 6.92 Å². The van der Waals surface area contributed by atoms with E-state index in [4.69, 9.17) is 31.6 Å². The third kappa shape index (κ3) is 24.5. The van der Waals surface area contributed by atoms with Crippen molar-refractivity contribution in [3.63, 3.8) is 0 Å². The predicted octanol–water partition coefficient (Wildman–Crippen LogP) is -0.721. The van der Waals surface area contributed by atoms with Gasteiger partial charge in [-0.05, 0) is 6.42 Å². The van der Waals surface area contributed by atoms with Crippen molar-refractivity contribution in [3.05, 3.63) is 0 Å². The Hall–Kier alpha value is -1.22. The van der Waals surface area contributed by atoms with Crippen LogP contribution in [0.25, 0.3) is 0 Å². The molecule has 0 amide bonds. The second-order valence-corrected chi connectivity index (χ2v) is 2.27. The average molecular weight is 227 g/mol. The van der Waals surface area contributed by atoms with E-state index in [1.807, 2.05) is 6.92 Å². The molecule has 0 bridgehead atoms. The number of nitrogens with two attached hydrogens (primary N) is 1. The van der Waals surface area contributed by atoms with Gasteiger partial charge in [0.15, 0.2) is 0 Å². The van der Waals surface area contributed by atoms with Crippen LogP contribution in [0.2, 0.25) is 0 Å². The summed E-state index contributed by atoms with van der Waals surface area (Å²) in [7, 11) is 0. The first-order valence-corrected chi connectivity index (χ1v) is 3.96. The summed E-state index contributed by atoms with van der Waals surface area (Å²) in [5, 5.41) is 35.9. The van der Waals surface area contributed by atoms with Crippen LogP contribution in [0.15, 0.2) is 0 Å². The van der Waals surface area contributed by atoms with E-state index in [1.54, 1.807) is 0 Å². The van der Waals surface area contributed by atoms with E-state index in [-0.39, 0.29) is 0 Å². The third-order valence-electron chi connectivity index (χ3n) is 0.935. The molecule has 8 heteroatoms. The van der Waals surface area contributed by atoms with Crippen molar-refractivity contribution in [2.24, 2.45) is 5.73 Å². The number of aliphatic hydroxyl groups excluding tert-OH is 1. The smallest absolute Gasteiger partial charge is 0.321 e. The molecule has 0 fully saturated rings. The molecule has 0 aliphatic rings. The molecule has 0 aromatic carbocycles. The lowest BCUT2D eigenvalue weighted by Crippen LogP contribution is -2.32. The average Bonchev–Trinajstić information content (AvgIpc) is 2.20. The zero-order valence-electron chi connectivity index (χ0n) is 8.33. The van der Waals surface area contributed by atoms with E-state index in [2.05, 4.69) is 0 Å². The monoisotopic (exact) mass is 227 g/mol. The van der Waals surface area contributed by atoms with Gasteiger partial charge in [0.2, 0.25) is 0 Å². The number of carboxylic acids is 2. The number of hydrogen-bond donors (Lipinski definition) is 6. The number of rotatable bonds is 4. The minimum absolute atomic E-state index is 0.319. The second-order valence-electron chi connectivity index (χ2n) is 2.27. The lowest BCUT2D eigenvalue weighted by molar-refractivity contribution is -0.176. The quantitative estimate of drug-likeness (QED) is 0.271. The van der Waals surface area contributed by atoms with Gasteiger partial charge in [0.05, 0.1) is 6.42 Å². The van der Waals surface area contributed by atoms with Gasteiger partial charge in [-0.15, -0.1) is 0 Å². The highest BCUT2D eigenvalue weighted by atomic mass is 17.0. The lowest BCUT2D eigenvalue weighted by Gasteiger charge is -1.99. The van der Waals surface area contributed by atoms with Crippen LogP contribution in [0.3, 0.4) is 0 Å². The molecule has 0 radical (unpaired) electrons. The van der Waals surface area contributed by atoms with Gasteiger partial charge in [-0.25, -0.2) is 0 Å². The fraction of sp³-hybridized carbons (Fsp3) is 0.714. The highest BCUT2D eigenvalue weighted by molar-refractivity contribution is 5.80. The van der Waals surface area contributed by atoms with Crippen molar-refractivity contribution >= 4 is 11.9 Å². The fourth-order valence-electron chi connectivity index (χ4n) is 0.275. The van der Waals surface area contributed by atoms with Gasteiger partial charge in [0.25, 0.3) is 0 Å². The maximum Gasteiger partial charge on any atom is 0.321 e. The molecule has 0 spiro atoms. The van der Waals surface area contributed by atoms with Crippen LogP contribution >= 0.6 is 0 Å². The molecule has 0 heterocycles. The normalized spacial score (nSPS) is 9.93. The van der Waals surface area contributed by atoms with Crippen LogP contribution < -0.4 is 5.73 Å². The minimum Gasteiger partial charge on any atom is -0.481 e. The van der Waals surface area contributed by atoms with Crippen LogP contribution in [0.5, 0.6) is 0 Å². The van der Waals surface area contributed by atoms with Crippen LogP contribution in [-0.4, -0.2) is 50.4 Å². The standard InChI is InChI=1S/C4H7NO4.C3H8O.H2O2/c5-2(4(8)9)1-3(6)7;1-2-3-4;1-2/h2H,1,5H2,(H,6,7)(H,8,9);4H,2-3H2,1H3;1-2H/t2-;;/m0../s1. The van der Waals surface area contributed by atoms with Crippen molar-refractivity contribution < 1.29 is 35.4 Å². The van der Waals surface area contributed by atoms with E-state index < -0.39 is 24.4 Å². The van der Waals surface area contributed by atoms with E-state index in [0.717, 1.165) is 6.42 Å². The topological polar surface area (TPSA) is 161 Å². The summed E-state index contributed by atoms with van der Waals surface area (Å²) in [4.78, 5) is 19.6. The number of carbonyl (C=O) groups is 2. The Morgan fingerprint density at radius 2 is 1.60 bits per heavy atom. The Kier molecular flexibility index (Phi) is 19.7. The first-order chi connectivity index (χ1) is 6.95. The summed E-state index contributed by atoms with van der Waals surface area (Å²) in [6.07, 6.45) is 0.343. The molecule has 1 atom stereocenters. The second kappa shape index (κ2) is 15.3. The SMILES string of the molecule is CCCO.N[C@@H](CC(=O)O)C(=O)O.OO. The molecule has 92 valence electrons. The number of hydrogen-bond acceptors (Lipinski definition) is 6. The Bertz CT molecular complexity index is 159. The molecule has 7 N–H and O–H groups in total. The van der Waals surface area contributed by atoms with Gasteiger partial charge in [-0.2, -0.15) is 0 Å². The highest BCUT2D eigenvalue weighted by Gasteiger charge is 2.14. The predicted molar refractivity (Wildman–Crippen MR) is 50.5 cm³/mol. The van der Waals surface area contributed by atoms with Crippen LogP contribution in [-0.2, 0) is 9.59 Å². The number of aliphatic carboxylic acids is 2. The van der Waals surface area contributed by atoms with Crippen LogP contribution in [0.1, 0.15) is 19.8 Å². The first kappa shape index (κ1) is 19.4. The maximum atomic E-state index is 9.85. The van der Waals surface area contributed by atoms with Crippen molar-refractivity contribution in [2.45, 2.75) is 25.8 Å². The molecule has 0 aromatic rings. The largest absolute Gasteiger partial charge is 0.481 e. The minimum atomic E-state index is -1.29. The summed E-state index contributed by atoms with van der Waals surface area (Å²) in [5.74, 6) is -2.50. The van der Waals surface area contributed by atoms with Gasteiger partial charge >= 0.3 is 11.9 Å². The van der Waals surface area contributed by atoms with Crippen molar-refractivity contribution in [2.75, 3.05) is 6.61 Å². The number of aliphatic hydroxyl groups is 1. The Morgan fingerprint density at radius 3 is 1.67 bits per heavy atom. The molecule has 0 saturated heterocycles. The molecule has 0 saturated carbocycles. The molecular formula is C7H17NO7. The summed E-state index contributed by atoms with van der Waals surface area (Å²) in [5.41, 5.74) is 4.84. The lowest BCUT2D eigenvalue weighted by atomic mass is 10.2.